The van der Waals surface area contributed by atoms with Crippen LogP contribution in [0.2, 0.25) is 0 Å². The van der Waals surface area contributed by atoms with E-state index in [1.54, 1.807) is 0 Å². The Morgan fingerprint density at radius 3 is 2.74 bits per heavy atom. The third-order valence-electron chi connectivity index (χ3n) is 3.75. The summed E-state index contributed by atoms with van der Waals surface area (Å²) in [7, 11) is 0. The molecule has 0 spiro atoms. The van der Waals surface area contributed by atoms with E-state index < -0.39 is 29.8 Å². The maximum Gasteiger partial charge on any atom is 0.416 e. The highest BCUT2D eigenvalue weighted by Crippen LogP contribution is 2.40. The summed E-state index contributed by atoms with van der Waals surface area (Å²) in [6.45, 7) is -0.0345. The fourth-order valence-corrected chi connectivity index (χ4v) is 3.19. The number of benzene rings is 1. The van der Waals surface area contributed by atoms with Crippen molar-refractivity contribution in [1.82, 2.24) is 13.6 Å². The van der Waals surface area contributed by atoms with Gasteiger partial charge >= 0.3 is 6.18 Å². The van der Waals surface area contributed by atoms with Crippen molar-refractivity contribution in [3.05, 3.63) is 47.3 Å². The first kappa shape index (κ1) is 15.9. The van der Waals surface area contributed by atoms with E-state index in [2.05, 4.69) is 8.75 Å². The highest BCUT2D eigenvalue weighted by molar-refractivity contribution is 6.99. The third kappa shape index (κ3) is 3.06. The van der Waals surface area contributed by atoms with Crippen LogP contribution in [-0.4, -0.2) is 37.3 Å². The van der Waals surface area contributed by atoms with Gasteiger partial charge in [-0.2, -0.15) is 21.9 Å². The Hall–Kier alpha value is -2.00. The number of carbonyl (C=O) groups excluding carboxylic acids is 1. The number of aliphatic hydroxyl groups is 1. The maximum absolute atomic E-state index is 13.2. The summed E-state index contributed by atoms with van der Waals surface area (Å²) >= 11 is 0.842. The molecule has 1 aliphatic rings. The summed E-state index contributed by atoms with van der Waals surface area (Å²) in [6.07, 6.45) is -4.08. The van der Waals surface area contributed by atoms with Gasteiger partial charge in [0.15, 0.2) is 5.69 Å². The summed E-state index contributed by atoms with van der Waals surface area (Å²) in [5.74, 6) is -0.530. The van der Waals surface area contributed by atoms with Crippen LogP contribution in [0, 0.1) is 0 Å². The normalized spacial score (nSPS) is 21.7. The first-order valence-corrected chi connectivity index (χ1v) is 7.53. The van der Waals surface area contributed by atoms with E-state index in [-0.39, 0.29) is 24.2 Å². The second kappa shape index (κ2) is 5.89. The maximum atomic E-state index is 13.2. The topological polar surface area (TPSA) is 66.3 Å². The zero-order chi connectivity index (χ0) is 16.6. The number of aliphatic hydroxyl groups excluding tert-OH is 1. The molecule has 1 aromatic carbocycles. The summed E-state index contributed by atoms with van der Waals surface area (Å²) in [5, 5.41) is 9.86. The van der Waals surface area contributed by atoms with Crippen molar-refractivity contribution in [2.75, 3.05) is 6.54 Å². The number of carbonyl (C=O) groups is 1. The highest BCUT2D eigenvalue weighted by atomic mass is 32.1. The van der Waals surface area contributed by atoms with Crippen LogP contribution >= 0.6 is 11.7 Å². The predicted molar refractivity (Wildman–Crippen MR) is 75.8 cm³/mol. The number of alkyl halides is 3. The number of aromatic nitrogens is 2. The minimum absolute atomic E-state index is 0.0203. The molecule has 1 saturated heterocycles. The lowest BCUT2D eigenvalue weighted by atomic mass is 9.97. The second-order valence-electron chi connectivity index (χ2n) is 5.24. The van der Waals surface area contributed by atoms with E-state index >= 15 is 0 Å². The summed E-state index contributed by atoms with van der Waals surface area (Å²) in [5.41, 5.74) is -0.750. The fraction of sp³-hybridized carbons (Fsp3) is 0.357. The number of halogens is 3. The molecule has 1 aromatic heterocycles. The minimum atomic E-state index is -4.53. The molecule has 0 unspecified atom stereocenters. The Balaban J connectivity index is 2.00. The van der Waals surface area contributed by atoms with Crippen molar-refractivity contribution < 1.29 is 23.1 Å². The number of hydrogen-bond donors (Lipinski definition) is 1. The average molecular weight is 343 g/mol. The molecule has 122 valence electrons. The van der Waals surface area contributed by atoms with Gasteiger partial charge in [-0.15, -0.1) is 0 Å². The molecule has 3 rings (SSSR count). The van der Waals surface area contributed by atoms with E-state index in [4.69, 9.17) is 0 Å². The lowest BCUT2D eigenvalue weighted by molar-refractivity contribution is -0.138. The fourth-order valence-electron chi connectivity index (χ4n) is 2.78. The Labute approximate surface area is 133 Å². The Morgan fingerprint density at radius 1 is 1.35 bits per heavy atom. The van der Waals surface area contributed by atoms with Crippen LogP contribution in [0.1, 0.15) is 34.1 Å². The number of hydrogen-bond acceptors (Lipinski definition) is 5. The molecule has 0 radical (unpaired) electrons. The van der Waals surface area contributed by atoms with Crippen molar-refractivity contribution in [3.8, 4) is 0 Å². The molecule has 2 aromatic rings. The first-order valence-electron chi connectivity index (χ1n) is 6.80. The number of amides is 1. The van der Waals surface area contributed by atoms with Gasteiger partial charge in [-0.05, 0) is 18.1 Å². The van der Waals surface area contributed by atoms with Gasteiger partial charge in [0, 0.05) is 6.54 Å². The van der Waals surface area contributed by atoms with Crippen molar-refractivity contribution in [2.24, 2.45) is 0 Å². The molecule has 2 heterocycles. The highest BCUT2D eigenvalue weighted by Gasteiger charge is 2.41. The second-order valence-corrected chi connectivity index (χ2v) is 5.80. The molecule has 1 amide bonds. The SMILES string of the molecule is O=C(c1cnsn1)N1C[C@H](O)C[C@H]1c1ccccc1C(F)(F)F. The molecule has 0 saturated carbocycles. The van der Waals surface area contributed by atoms with Crippen LogP contribution in [0.3, 0.4) is 0 Å². The first-order chi connectivity index (χ1) is 10.9. The van der Waals surface area contributed by atoms with E-state index in [0.717, 1.165) is 17.8 Å². The molecule has 0 aliphatic carbocycles. The Morgan fingerprint density at radius 2 is 2.09 bits per heavy atom. The molecule has 5 nitrogen and oxygen atoms in total. The minimum Gasteiger partial charge on any atom is -0.391 e. The average Bonchev–Trinajstić information content (AvgIpc) is 3.15. The van der Waals surface area contributed by atoms with Crippen molar-refractivity contribution >= 4 is 17.6 Å². The molecule has 23 heavy (non-hydrogen) atoms. The number of β-amino-alcohol motifs (C(OH)–C–C–N with tert-alkyl or cyclic N) is 1. The third-order valence-corrected chi connectivity index (χ3v) is 4.22. The summed E-state index contributed by atoms with van der Waals surface area (Å²) in [4.78, 5) is 13.7. The van der Waals surface area contributed by atoms with Crippen molar-refractivity contribution in [2.45, 2.75) is 24.7 Å². The van der Waals surface area contributed by atoms with Gasteiger partial charge in [0.1, 0.15) is 0 Å². The summed E-state index contributed by atoms with van der Waals surface area (Å²) in [6, 6.07) is 4.26. The van der Waals surface area contributed by atoms with Gasteiger partial charge in [0.2, 0.25) is 0 Å². The number of likely N-dealkylation sites (tertiary alicyclic amines) is 1. The largest absolute Gasteiger partial charge is 0.416 e. The lowest BCUT2D eigenvalue weighted by Crippen LogP contribution is -2.32. The van der Waals surface area contributed by atoms with Crippen LogP contribution < -0.4 is 0 Å². The van der Waals surface area contributed by atoms with E-state index in [1.807, 2.05) is 0 Å². The van der Waals surface area contributed by atoms with Crippen molar-refractivity contribution in [1.29, 1.82) is 0 Å². The molecule has 1 aliphatic heterocycles. The zero-order valence-corrected chi connectivity index (χ0v) is 12.5. The van der Waals surface area contributed by atoms with Crippen LogP contribution in [0.4, 0.5) is 13.2 Å². The van der Waals surface area contributed by atoms with Crippen LogP contribution in [-0.2, 0) is 6.18 Å². The van der Waals surface area contributed by atoms with Crippen molar-refractivity contribution in [3.63, 3.8) is 0 Å². The lowest BCUT2D eigenvalue weighted by Gasteiger charge is -2.26. The molecule has 2 atom stereocenters. The van der Waals surface area contributed by atoms with Crippen LogP contribution in [0.25, 0.3) is 0 Å². The van der Waals surface area contributed by atoms with E-state index in [1.165, 1.54) is 29.3 Å². The zero-order valence-electron chi connectivity index (χ0n) is 11.7. The number of nitrogens with zero attached hydrogens (tertiary/aromatic N) is 3. The number of rotatable bonds is 2. The molecular weight excluding hydrogens is 331 g/mol. The van der Waals surface area contributed by atoms with E-state index in [9.17, 15) is 23.1 Å². The van der Waals surface area contributed by atoms with Crippen LogP contribution in [0.15, 0.2) is 30.5 Å². The molecule has 9 heteroatoms. The van der Waals surface area contributed by atoms with Crippen LogP contribution in [0.5, 0.6) is 0 Å². The molecular formula is C14H12F3N3O2S. The standard InChI is InChI=1S/C14H12F3N3O2S/c15-14(16,17)10-4-2-1-3-9(10)12-5-8(21)7-20(12)13(22)11-6-18-23-19-11/h1-4,6,8,12,21H,5,7H2/t8-,12+/m1/s1. The van der Waals surface area contributed by atoms with Gasteiger partial charge in [-0.1, -0.05) is 18.2 Å². The molecule has 0 bridgehead atoms. The van der Waals surface area contributed by atoms with Gasteiger partial charge in [-0.3, -0.25) is 4.79 Å². The van der Waals surface area contributed by atoms with Gasteiger partial charge in [0.25, 0.3) is 5.91 Å². The quantitative estimate of drug-likeness (QED) is 0.910. The smallest absolute Gasteiger partial charge is 0.391 e. The van der Waals surface area contributed by atoms with Gasteiger partial charge < -0.3 is 10.0 Å². The Kier molecular flexibility index (Phi) is 4.07. The van der Waals surface area contributed by atoms with E-state index in [0.29, 0.717) is 0 Å². The van der Waals surface area contributed by atoms with Gasteiger partial charge in [0.05, 0.1) is 35.6 Å². The summed E-state index contributed by atoms with van der Waals surface area (Å²) < 4.78 is 47.2. The van der Waals surface area contributed by atoms with Gasteiger partial charge in [-0.25, -0.2) is 0 Å². The molecule has 1 fully saturated rings. The Bertz CT molecular complexity index is 706. The monoisotopic (exact) mass is 343 g/mol. The predicted octanol–water partition coefficient (Wildman–Crippen LogP) is 2.51. The molecule has 1 N–H and O–H groups in total.